The number of methoxy groups -OCH3 is 1. The van der Waals surface area contributed by atoms with E-state index in [2.05, 4.69) is 15.3 Å². The van der Waals surface area contributed by atoms with Gasteiger partial charge in [-0.05, 0) is 13.0 Å². The number of aliphatic hydroxyl groups is 1. The van der Waals surface area contributed by atoms with E-state index >= 15 is 0 Å². The van der Waals surface area contributed by atoms with E-state index in [0.29, 0.717) is 11.3 Å². The largest absolute Gasteiger partial charge is 0.496 e. The second-order valence-electron chi connectivity index (χ2n) is 4.51. The lowest BCUT2D eigenvalue weighted by Crippen LogP contribution is -2.29. The van der Waals surface area contributed by atoms with E-state index < -0.39 is 6.10 Å². The van der Waals surface area contributed by atoms with Crippen molar-refractivity contribution in [1.29, 1.82) is 0 Å². The standard InChI is InChI=1S/C15H17N3O3/c1-10-7-17-12(8-16-10)15(20)18-9-13(19)11-5-3-4-6-14(11)21-2/h3-8,13,19H,9H2,1-2H3,(H,18,20)/t13-/m1/s1. The number of benzene rings is 1. The van der Waals surface area contributed by atoms with Gasteiger partial charge in [0.1, 0.15) is 11.4 Å². The van der Waals surface area contributed by atoms with Crippen molar-refractivity contribution in [2.75, 3.05) is 13.7 Å². The Kier molecular flexibility index (Phi) is 4.84. The molecule has 1 atom stereocenters. The molecule has 1 amide bonds. The molecule has 0 saturated heterocycles. The fourth-order valence-electron chi connectivity index (χ4n) is 1.84. The van der Waals surface area contributed by atoms with Gasteiger partial charge in [0.05, 0.1) is 25.1 Å². The van der Waals surface area contributed by atoms with Gasteiger partial charge in [0, 0.05) is 18.3 Å². The first-order chi connectivity index (χ1) is 10.1. The van der Waals surface area contributed by atoms with Gasteiger partial charge in [-0.2, -0.15) is 0 Å². The number of carbonyl (C=O) groups excluding carboxylic acids is 1. The summed E-state index contributed by atoms with van der Waals surface area (Å²) < 4.78 is 5.18. The highest BCUT2D eigenvalue weighted by molar-refractivity contribution is 5.91. The molecule has 0 aliphatic heterocycles. The molecular weight excluding hydrogens is 270 g/mol. The van der Waals surface area contributed by atoms with Crippen LogP contribution in [0.1, 0.15) is 27.8 Å². The maximum atomic E-state index is 11.9. The molecule has 2 N–H and O–H groups in total. The predicted octanol–water partition coefficient (Wildman–Crippen LogP) is 1.26. The van der Waals surface area contributed by atoms with Gasteiger partial charge < -0.3 is 15.2 Å². The summed E-state index contributed by atoms with van der Waals surface area (Å²) >= 11 is 0. The zero-order valence-electron chi connectivity index (χ0n) is 11.9. The normalized spacial score (nSPS) is 11.8. The second-order valence-corrected chi connectivity index (χ2v) is 4.51. The molecule has 21 heavy (non-hydrogen) atoms. The summed E-state index contributed by atoms with van der Waals surface area (Å²) in [5.41, 5.74) is 1.57. The highest BCUT2D eigenvalue weighted by atomic mass is 16.5. The maximum absolute atomic E-state index is 11.9. The van der Waals surface area contributed by atoms with Crippen molar-refractivity contribution in [1.82, 2.24) is 15.3 Å². The maximum Gasteiger partial charge on any atom is 0.271 e. The number of aromatic nitrogens is 2. The molecule has 0 bridgehead atoms. The van der Waals surface area contributed by atoms with Crippen LogP contribution in [0.2, 0.25) is 0 Å². The van der Waals surface area contributed by atoms with Crippen LogP contribution in [-0.2, 0) is 0 Å². The Labute approximate surface area is 122 Å². The van der Waals surface area contributed by atoms with Gasteiger partial charge in [-0.15, -0.1) is 0 Å². The molecule has 1 heterocycles. The lowest BCUT2D eigenvalue weighted by atomic mass is 10.1. The Morgan fingerprint density at radius 2 is 2.10 bits per heavy atom. The van der Waals surface area contributed by atoms with Crippen LogP contribution < -0.4 is 10.1 Å². The van der Waals surface area contributed by atoms with Gasteiger partial charge in [0.25, 0.3) is 5.91 Å². The minimum absolute atomic E-state index is 0.0642. The van der Waals surface area contributed by atoms with Crippen molar-refractivity contribution in [3.8, 4) is 5.75 Å². The number of rotatable bonds is 5. The quantitative estimate of drug-likeness (QED) is 0.864. The van der Waals surface area contributed by atoms with Gasteiger partial charge >= 0.3 is 0 Å². The van der Waals surface area contributed by atoms with Crippen LogP contribution in [0.4, 0.5) is 0 Å². The van der Waals surface area contributed by atoms with Crippen molar-refractivity contribution in [3.05, 3.63) is 53.6 Å². The number of nitrogens with one attached hydrogen (secondary N) is 1. The monoisotopic (exact) mass is 287 g/mol. The van der Waals surface area contributed by atoms with E-state index in [9.17, 15) is 9.90 Å². The molecule has 1 aromatic heterocycles. The smallest absolute Gasteiger partial charge is 0.271 e. The molecule has 6 heteroatoms. The van der Waals surface area contributed by atoms with Gasteiger partial charge in [0.15, 0.2) is 0 Å². The molecule has 6 nitrogen and oxygen atoms in total. The van der Waals surface area contributed by atoms with E-state index in [1.54, 1.807) is 25.1 Å². The summed E-state index contributed by atoms with van der Waals surface area (Å²) in [5.74, 6) is 0.200. The third-order valence-electron chi connectivity index (χ3n) is 2.97. The van der Waals surface area contributed by atoms with Crippen LogP contribution >= 0.6 is 0 Å². The molecule has 0 unspecified atom stereocenters. The summed E-state index contributed by atoms with van der Waals surface area (Å²) in [6.45, 7) is 1.86. The Morgan fingerprint density at radius 1 is 1.33 bits per heavy atom. The molecule has 0 spiro atoms. The van der Waals surface area contributed by atoms with Crippen molar-refractivity contribution < 1.29 is 14.6 Å². The highest BCUT2D eigenvalue weighted by Gasteiger charge is 2.15. The molecule has 0 aliphatic rings. The first-order valence-electron chi connectivity index (χ1n) is 6.49. The van der Waals surface area contributed by atoms with Crippen LogP contribution in [-0.4, -0.2) is 34.6 Å². The van der Waals surface area contributed by atoms with E-state index in [1.165, 1.54) is 19.5 Å². The first kappa shape index (κ1) is 14.9. The number of nitrogens with zero attached hydrogens (tertiary/aromatic N) is 2. The number of para-hydroxylation sites is 1. The number of carbonyl (C=O) groups is 1. The molecular formula is C15H17N3O3. The molecule has 1 aromatic carbocycles. The Balaban J connectivity index is 1.99. The number of aliphatic hydroxyl groups excluding tert-OH is 1. The van der Waals surface area contributed by atoms with Crippen LogP contribution in [0, 0.1) is 6.92 Å². The molecule has 0 aliphatic carbocycles. The summed E-state index contributed by atoms with van der Waals surface area (Å²) in [6, 6.07) is 7.12. The topological polar surface area (TPSA) is 84.3 Å². The second kappa shape index (κ2) is 6.81. The minimum Gasteiger partial charge on any atom is -0.496 e. The third-order valence-corrected chi connectivity index (χ3v) is 2.97. The zero-order valence-corrected chi connectivity index (χ0v) is 11.9. The van der Waals surface area contributed by atoms with E-state index in [4.69, 9.17) is 4.74 Å². The minimum atomic E-state index is -0.858. The summed E-state index contributed by atoms with van der Waals surface area (Å²) in [7, 11) is 1.53. The van der Waals surface area contributed by atoms with E-state index in [0.717, 1.165) is 5.69 Å². The predicted molar refractivity (Wildman–Crippen MR) is 77.1 cm³/mol. The van der Waals surface area contributed by atoms with Gasteiger partial charge in [-0.3, -0.25) is 9.78 Å². The third kappa shape index (κ3) is 3.76. The molecule has 2 rings (SSSR count). The van der Waals surface area contributed by atoms with Gasteiger partial charge in [-0.25, -0.2) is 4.98 Å². The molecule has 110 valence electrons. The Bertz CT molecular complexity index is 614. The SMILES string of the molecule is COc1ccccc1[C@H](O)CNC(=O)c1cnc(C)cn1. The highest BCUT2D eigenvalue weighted by Crippen LogP contribution is 2.23. The lowest BCUT2D eigenvalue weighted by Gasteiger charge is -2.15. The molecule has 0 fully saturated rings. The average molecular weight is 287 g/mol. The summed E-state index contributed by atoms with van der Waals surface area (Å²) in [6.07, 6.45) is 2.06. The number of hydrogen-bond acceptors (Lipinski definition) is 5. The van der Waals surface area contributed by atoms with Crippen molar-refractivity contribution in [3.63, 3.8) is 0 Å². The van der Waals surface area contributed by atoms with Crippen LogP contribution in [0.5, 0.6) is 5.75 Å². The van der Waals surface area contributed by atoms with Crippen molar-refractivity contribution in [2.24, 2.45) is 0 Å². The van der Waals surface area contributed by atoms with Gasteiger partial charge in [-0.1, -0.05) is 18.2 Å². The van der Waals surface area contributed by atoms with E-state index in [-0.39, 0.29) is 18.1 Å². The molecule has 0 saturated carbocycles. The van der Waals surface area contributed by atoms with Crippen LogP contribution in [0.25, 0.3) is 0 Å². The van der Waals surface area contributed by atoms with Crippen LogP contribution in [0.15, 0.2) is 36.7 Å². The van der Waals surface area contributed by atoms with E-state index in [1.807, 2.05) is 6.07 Å². The number of ether oxygens (including phenoxy) is 1. The Morgan fingerprint density at radius 3 is 2.76 bits per heavy atom. The fourth-order valence-corrected chi connectivity index (χ4v) is 1.84. The molecule has 2 aromatic rings. The summed E-state index contributed by atoms with van der Waals surface area (Å²) in [5, 5.41) is 12.8. The average Bonchev–Trinajstić information content (AvgIpc) is 2.52. The number of aryl methyl sites for hydroxylation is 1. The number of hydrogen-bond donors (Lipinski definition) is 2. The van der Waals surface area contributed by atoms with Crippen molar-refractivity contribution >= 4 is 5.91 Å². The first-order valence-corrected chi connectivity index (χ1v) is 6.49. The summed E-state index contributed by atoms with van der Waals surface area (Å²) in [4.78, 5) is 19.9. The Hall–Kier alpha value is -2.47. The fraction of sp³-hybridized carbons (Fsp3) is 0.267. The lowest BCUT2D eigenvalue weighted by molar-refractivity contribution is 0.0909. The molecule has 0 radical (unpaired) electrons. The zero-order chi connectivity index (χ0) is 15.2. The number of amides is 1. The van der Waals surface area contributed by atoms with Gasteiger partial charge in [0.2, 0.25) is 0 Å². The van der Waals surface area contributed by atoms with Crippen LogP contribution in [0.3, 0.4) is 0 Å². The van der Waals surface area contributed by atoms with Crippen molar-refractivity contribution in [2.45, 2.75) is 13.0 Å².